The lowest BCUT2D eigenvalue weighted by Crippen LogP contribution is -2.14. The lowest BCUT2D eigenvalue weighted by atomic mass is 10.0. The number of rotatable bonds is 1. The topological polar surface area (TPSA) is 40.7 Å². The van der Waals surface area contributed by atoms with Crippen LogP contribution in [0.25, 0.3) is 0 Å². The fraction of sp³-hybridized carbons (Fsp3) is 0.727. The number of hydrogen-bond acceptors (Lipinski definition) is 2. The van der Waals surface area contributed by atoms with Crippen molar-refractivity contribution in [3.05, 3.63) is 17.2 Å². The van der Waals surface area contributed by atoms with E-state index in [1.807, 2.05) is 0 Å². The Morgan fingerprint density at radius 1 is 1.14 bits per heavy atom. The Balaban J connectivity index is 1.87. The van der Waals surface area contributed by atoms with E-state index in [9.17, 15) is 0 Å². The molecule has 0 saturated carbocycles. The first kappa shape index (κ1) is 8.48. The number of fused-ring (bicyclic) bond motifs is 1. The summed E-state index contributed by atoms with van der Waals surface area (Å²) in [6.07, 6.45) is 7.55. The normalized spacial score (nSPS) is 26.4. The van der Waals surface area contributed by atoms with E-state index in [0.29, 0.717) is 6.04 Å². The van der Waals surface area contributed by atoms with Crippen LogP contribution >= 0.6 is 0 Å². The first-order valence-electron chi connectivity index (χ1n) is 5.74. The SMILES string of the molecule is C1CCc2[nH]c(C3CCCN3)nc2C1. The Kier molecular flexibility index (Phi) is 2.05. The van der Waals surface area contributed by atoms with E-state index < -0.39 is 0 Å². The van der Waals surface area contributed by atoms with Crippen molar-refractivity contribution < 1.29 is 0 Å². The van der Waals surface area contributed by atoms with E-state index in [1.54, 1.807) is 0 Å². The number of hydrogen-bond donors (Lipinski definition) is 2. The minimum Gasteiger partial charge on any atom is -0.344 e. The highest BCUT2D eigenvalue weighted by Gasteiger charge is 2.22. The van der Waals surface area contributed by atoms with Gasteiger partial charge in [0, 0.05) is 5.69 Å². The largest absolute Gasteiger partial charge is 0.344 e. The molecule has 0 amide bonds. The minimum atomic E-state index is 0.501. The van der Waals surface area contributed by atoms with E-state index in [4.69, 9.17) is 4.98 Å². The highest BCUT2D eigenvalue weighted by atomic mass is 15.0. The van der Waals surface area contributed by atoms with Crippen molar-refractivity contribution >= 4 is 0 Å². The summed E-state index contributed by atoms with van der Waals surface area (Å²) < 4.78 is 0. The molecule has 2 N–H and O–H groups in total. The Labute approximate surface area is 84.3 Å². The number of nitrogens with one attached hydrogen (secondary N) is 2. The van der Waals surface area contributed by atoms with Crippen LogP contribution in [0.5, 0.6) is 0 Å². The maximum absolute atomic E-state index is 4.71. The smallest absolute Gasteiger partial charge is 0.123 e. The molecule has 2 aliphatic rings. The molecule has 2 heterocycles. The van der Waals surface area contributed by atoms with E-state index in [-0.39, 0.29) is 0 Å². The molecule has 76 valence electrons. The van der Waals surface area contributed by atoms with Gasteiger partial charge in [-0.25, -0.2) is 4.98 Å². The third-order valence-electron chi connectivity index (χ3n) is 3.36. The Morgan fingerprint density at radius 2 is 2.07 bits per heavy atom. The van der Waals surface area contributed by atoms with Crippen LogP contribution < -0.4 is 5.32 Å². The fourth-order valence-electron chi connectivity index (χ4n) is 2.56. The molecule has 1 aromatic heterocycles. The van der Waals surface area contributed by atoms with Crippen LogP contribution in [-0.2, 0) is 12.8 Å². The molecule has 1 saturated heterocycles. The number of H-pyrrole nitrogens is 1. The van der Waals surface area contributed by atoms with Crippen LogP contribution in [0.3, 0.4) is 0 Å². The van der Waals surface area contributed by atoms with Crippen LogP contribution in [0, 0.1) is 0 Å². The molecule has 1 fully saturated rings. The summed E-state index contributed by atoms with van der Waals surface area (Å²) in [4.78, 5) is 8.22. The zero-order valence-electron chi connectivity index (χ0n) is 8.47. The first-order valence-corrected chi connectivity index (χ1v) is 5.74. The molecule has 1 aromatic rings. The number of nitrogens with zero attached hydrogens (tertiary/aromatic N) is 1. The second-order valence-corrected chi connectivity index (χ2v) is 4.40. The molecule has 1 aliphatic carbocycles. The molecule has 0 radical (unpaired) electrons. The number of imidazole rings is 1. The molecule has 3 heteroatoms. The van der Waals surface area contributed by atoms with Crippen molar-refractivity contribution in [2.45, 2.75) is 44.6 Å². The maximum atomic E-state index is 4.71. The third kappa shape index (κ3) is 1.36. The van der Waals surface area contributed by atoms with Gasteiger partial charge < -0.3 is 10.3 Å². The van der Waals surface area contributed by atoms with Crippen LogP contribution in [0.15, 0.2) is 0 Å². The molecule has 0 bridgehead atoms. The molecular formula is C11H17N3. The average molecular weight is 191 g/mol. The minimum absolute atomic E-state index is 0.501. The number of aromatic amines is 1. The quantitative estimate of drug-likeness (QED) is 0.709. The van der Waals surface area contributed by atoms with Gasteiger partial charge in [-0.2, -0.15) is 0 Å². The molecular weight excluding hydrogens is 174 g/mol. The summed E-state index contributed by atoms with van der Waals surface area (Å²) in [7, 11) is 0. The summed E-state index contributed by atoms with van der Waals surface area (Å²) in [5, 5.41) is 3.49. The fourth-order valence-corrected chi connectivity index (χ4v) is 2.56. The van der Waals surface area contributed by atoms with Crippen molar-refractivity contribution in [2.75, 3.05) is 6.54 Å². The van der Waals surface area contributed by atoms with E-state index in [0.717, 1.165) is 6.54 Å². The van der Waals surface area contributed by atoms with E-state index >= 15 is 0 Å². The summed E-state index contributed by atoms with van der Waals surface area (Å²) in [6.45, 7) is 1.15. The van der Waals surface area contributed by atoms with E-state index in [1.165, 1.54) is 55.7 Å². The Hall–Kier alpha value is -0.830. The average Bonchev–Trinajstić information content (AvgIpc) is 2.86. The monoisotopic (exact) mass is 191 g/mol. The van der Waals surface area contributed by atoms with Gasteiger partial charge in [0.2, 0.25) is 0 Å². The van der Waals surface area contributed by atoms with Crippen LogP contribution in [0.1, 0.15) is 48.9 Å². The highest BCUT2D eigenvalue weighted by molar-refractivity contribution is 5.19. The molecule has 3 nitrogen and oxygen atoms in total. The van der Waals surface area contributed by atoms with Crippen LogP contribution in [0.2, 0.25) is 0 Å². The molecule has 14 heavy (non-hydrogen) atoms. The van der Waals surface area contributed by atoms with Crippen molar-refractivity contribution in [1.29, 1.82) is 0 Å². The molecule has 1 atom stereocenters. The summed E-state index contributed by atoms with van der Waals surface area (Å²) in [6, 6.07) is 0.501. The second kappa shape index (κ2) is 3.39. The van der Waals surface area contributed by atoms with Crippen molar-refractivity contribution in [2.24, 2.45) is 0 Å². The zero-order chi connectivity index (χ0) is 9.38. The summed E-state index contributed by atoms with van der Waals surface area (Å²) in [5.41, 5.74) is 2.74. The predicted molar refractivity (Wildman–Crippen MR) is 55.2 cm³/mol. The van der Waals surface area contributed by atoms with Gasteiger partial charge in [-0.05, 0) is 45.1 Å². The van der Waals surface area contributed by atoms with Gasteiger partial charge in [0.15, 0.2) is 0 Å². The Bertz CT molecular complexity index is 300. The van der Waals surface area contributed by atoms with Crippen LogP contribution in [0.4, 0.5) is 0 Å². The summed E-state index contributed by atoms with van der Waals surface area (Å²) in [5.74, 6) is 1.19. The molecule has 0 spiro atoms. The van der Waals surface area contributed by atoms with Gasteiger partial charge >= 0.3 is 0 Å². The maximum Gasteiger partial charge on any atom is 0.123 e. The van der Waals surface area contributed by atoms with Crippen molar-refractivity contribution in [3.8, 4) is 0 Å². The van der Waals surface area contributed by atoms with Crippen LogP contribution in [-0.4, -0.2) is 16.5 Å². The van der Waals surface area contributed by atoms with Gasteiger partial charge in [0.05, 0.1) is 11.7 Å². The Morgan fingerprint density at radius 3 is 2.86 bits per heavy atom. The molecule has 0 aromatic carbocycles. The zero-order valence-corrected chi connectivity index (χ0v) is 8.47. The molecule has 1 unspecified atom stereocenters. The lowest BCUT2D eigenvalue weighted by molar-refractivity contribution is 0.610. The van der Waals surface area contributed by atoms with Gasteiger partial charge in [0.1, 0.15) is 5.82 Å². The number of aryl methyl sites for hydroxylation is 2. The lowest BCUT2D eigenvalue weighted by Gasteiger charge is -2.07. The van der Waals surface area contributed by atoms with Gasteiger partial charge in [-0.1, -0.05) is 0 Å². The van der Waals surface area contributed by atoms with Crippen molar-refractivity contribution in [1.82, 2.24) is 15.3 Å². The predicted octanol–water partition coefficient (Wildman–Crippen LogP) is 1.71. The third-order valence-corrected chi connectivity index (χ3v) is 3.36. The second-order valence-electron chi connectivity index (χ2n) is 4.40. The highest BCUT2D eigenvalue weighted by Crippen LogP contribution is 2.25. The summed E-state index contributed by atoms with van der Waals surface area (Å²) >= 11 is 0. The molecule has 1 aliphatic heterocycles. The first-order chi connectivity index (χ1) is 6.93. The van der Waals surface area contributed by atoms with E-state index in [2.05, 4.69) is 10.3 Å². The van der Waals surface area contributed by atoms with Gasteiger partial charge in [-0.3, -0.25) is 0 Å². The standard InChI is InChI=1S/C11H17N3/c1-2-5-9-8(4-1)13-11(14-9)10-6-3-7-12-10/h10,12H,1-7H2,(H,13,14). The number of aromatic nitrogens is 2. The van der Waals surface area contributed by atoms with Gasteiger partial charge in [-0.15, -0.1) is 0 Å². The molecule has 3 rings (SSSR count). The van der Waals surface area contributed by atoms with Gasteiger partial charge in [0.25, 0.3) is 0 Å². The van der Waals surface area contributed by atoms with Crippen molar-refractivity contribution in [3.63, 3.8) is 0 Å².